The molecule has 0 aromatic carbocycles. The maximum atomic E-state index is 11.2. The molecule has 0 atom stereocenters. The predicted molar refractivity (Wildman–Crippen MR) is 43.2 cm³/mol. The highest BCUT2D eigenvalue weighted by molar-refractivity contribution is 5.70. The van der Waals surface area contributed by atoms with E-state index in [9.17, 15) is 4.79 Å². The van der Waals surface area contributed by atoms with Crippen LogP contribution in [0.25, 0.3) is 11.1 Å². The summed E-state index contributed by atoms with van der Waals surface area (Å²) in [5.41, 5.74) is 0.379. The molecule has 0 unspecified atom stereocenters. The minimum Gasteiger partial charge on any atom is -0.435 e. The average Bonchev–Trinajstić information content (AvgIpc) is 2.39. The van der Waals surface area contributed by atoms with Crippen molar-refractivity contribution in [3.8, 4) is 0 Å². The number of nitrogens with two attached hydrogens (primary N) is 1. The Balaban J connectivity index is 2.99. The van der Waals surface area contributed by atoms with Gasteiger partial charge in [0.2, 0.25) is 5.58 Å². The Morgan fingerprint density at radius 1 is 1.67 bits per heavy atom. The average molecular weight is 165 g/mol. The number of nitrogens with zero attached hydrogens (tertiary/aromatic N) is 2. The molecule has 0 aliphatic heterocycles. The first-order valence-corrected chi connectivity index (χ1v) is 3.42. The molecule has 2 aromatic rings. The van der Waals surface area contributed by atoms with Crippen LogP contribution in [-0.4, -0.2) is 9.66 Å². The summed E-state index contributed by atoms with van der Waals surface area (Å²) in [5.74, 6) is 5.78. The van der Waals surface area contributed by atoms with E-state index >= 15 is 0 Å². The van der Waals surface area contributed by atoms with Crippen molar-refractivity contribution in [2.24, 2.45) is 0 Å². The van der Waals surface area contributed by atoms with E-state index in [2.05, 4.69) is 4.98 Å². The second-order valence-corrected chi connectivity index (χ2v) is 2.48. The van der Waals surface area contributed by atoms with E-state index in [4.69, 9.17) is 10.3 Å². The Hall–Kier alpha value is -1.78. The summed E-state index contributed by atoms with van der Waals surface area (Å²) in [6.45, 7) is 1.68. The molecule has 62 valence electrons. The van der Waals surface area contributed by atoms with Gasteiger partial charge in [-0.15, -0.1) is 0 Å². The lowest BCUT2D eigenvalue weighted by atomic mass is 10.4. The zero-order valence-electron chi connectivity index (χ0n) is 6.44. The minimum absolute atomic E-state index is 0.206. The van der Waals surface area contributed by atoms with E-state index in [0.29, 0.717) is 11.4 Å². The molecule has 0 fully saturated rings. The van der Waals surface area contributed by atoms with E-state index < -0.39 is 0 Å². The topological polar surface area (TPSA) is 74.1 Å². The number of oxazole rings is 1. The van der Waals surface area contributed by atoms with Gasteiger partial charge in [0, 0.05) is 13.1 Å². The zero-order chi connectivity index (χ0) is 8.72. The monoisotopic (exact) mass is 165 g/mol. The quantitative estimate of drug-likeness (QED) is 0.558. The summed E-state index contributed by atoms with van der Waals surface area (Å²) in [5, 5.41) is 0. The second kappa shape index (κ2) is 2.10. The number of fused-ring (bicyclic) bond motifs is 1. The lowest BCUT2D eigenvalue weighted by molar-refractivity contribution is 0.555. The maximum absolute atomic E-state index is 11.2. The van der Waals surface area contributed by atoms with Crippen LogP contribution in [0.5, 0.6) is 0 Å². The molecule has 2 rings (SSSR count). The summed E-state index contributed by atoms with van der Waals surface area (Å²) in [6.07, 6.45) is 1.45. The number of aromatic nitrogens is 2. The van der Waals surface area contributed by atoms with Crippen molar-refractivity contribution in [1.82, 2.24) is 9.66 Å². The van der Waals surface area contributed by atoms with Crippen LogP contribution < -0.4 is 11.4 Å². The molecule has 0 saturated carbocycles. The van der Waals surface area contributed by atoms with Crippen molar-refractivity contribution in [1.29, 1.82) is 0 Å². The molecule has 5 heteroatoms. The largest absolute Gasteiger partial charge is 0.435 e. The van der Waals surface area contributed by atoms with Crippen molar-refractivity contribution in [2.45, 2.75) is 6.92 Å². The van der Waals surface area contributed by atoms with E-state index in [1.165, 1.54) is 6.20 Å². The van der Waals surface area contributed by atoms with Gasteiger partial charge in [0.25, 0.3) is 0 Å². The molecule has 0 amide bonds. The van der Waals surface area contributed by atoms with Gasteiger partial charge in [0.1, 0.15) is 5.52 Å². The Kier molecular flexibility index (Phi) is 1.21. The second-order valence-electron chi connectivity index (χ2n) is 2.48. The molecule has 2 aromatic heterocycles. The maximum Gasteiger partial charge on any atom is 0.313 e. The molecule has 0 spiro atoms. The normalized spacial score (nSPS) is 10.8. The van der Waals surface area contributed by atoms with Crippen LogP contribution in [0.1, 0.15) is 5.89 Å². The third-order valence-electron chi connectivity index (χ3n) is 1.58. The number of hydrogen-bond donors (Lipinski definition) is 1. The van der Waals surface area contributed by atoms with Crippen LogP contribution in [-0.2, 0) is 0 Å². The molecule has 0 bridgehead atoms. The Morgan fingerprint density at radius 2 is 2.42 bits per heavy atom. The van der Waals surface area contributed by atoms with Crippen LogP contribution in [0.15, 0.2) is 21.5 Å². The highest BCUT2D eigenvalue weighted by Gasteiger charge is 2.06. The van der Waals surface area contributed by atoms with Gasteiger partial charge in [-0.1, -0.05) is 0 Å². The lowest BCUT2D eigenvalue weighted by Crippen LogP contribution is -2.25. The Bertz CT molecular complexity index is 483. The van der Waals surface area contributed by atoms with Crippen LogP contribution in [0, 0.1) is 6.92 Å². The first-order valence-electron chi connectivity index (χ1n) is 3.42. The van der Waals surface area contributed by atoms with E-state index in [0.717, 1.165) is 4.68 Å². The molecule has 0 aliphatic carbocycles. The van der Waals surface area contributed by atoms with Crippen molar-refractivity contribution < 1.29 is 4.42 Å². The number of aryl methyl sites for hydroxylation is 1. The van der Waals surface area contributed by atoms with E-state index in [-0.39, 0.29) is 11.1 Å². The first kappa shape index (κ1) is 6.90. The number of nitrogen functional groups attached to an aromatic ring is 1. The fourth-order valence-electron chi connectivity index (χ4n) is 1.05. The third kappa shape index (κ3) is 0.795. The van der Waals surface area contributed by atoms with Crippen LogP contribution >= 0.6 is 0 Å². The third-order valence-corrected chi connectivity index (χ3v) is 1.58. The SMILES string of the molecule is Cc1nc2ccn(N)c(=O)c2o1. The Morgan fingerprint density at radius 3 is 3.17 bits per heavy atom. The van der Waals surface area contributed by atoms with Gasteiger partial charge in [-0.2, -0.15) is 0 Å². The molecule has 0 saturated heterocycles. The smallest absolute Gasteiger partial charge is 0.313 e. The minimum atomic E-state index is -0.367. The number of hydrogen-bond acceptors (Lipinski definition) is 4. The summed E-state index contributed by atoms with van der Waals surface area (Å²) in [7, 11) is 0. The van der Waals surface area contributed by atoms with Gasteiger partial charge in [-0.3, -0.25) is 4.79 Å². The fraction of sp³-hybridized carbons (Fsp3) is 0.143. The van der Waals surface area contributed by atoms with Crippen LogP contribution in [0.2, 0.25) is 0 Å². The molecular weight excluding hydrogens is 158 g/mol. The molecule has 0 aliphatic rings. The molecular formula is C7H7N3O2. The van der Waals surface area contributed by atoms with Gasteiger partial charge in [-0.05, 0) is 6.07 Å². The first-order chi connectivity index (χ1) is 5.68. The van der Waals surface area contributed by atoms with Gasteiger partial charge >= 0.3 is 5.56 Å². The van der Waals surface area contributed by atoms with Crippen molar-refractivity contribution in [2.75, 3.05) is 5.84 Å². The molecule has 2 N–H and O–H groups in total. The molecule has 0 radical (unpaired) electrons. The Labute approximate surface area is 67.4 Å². The lowest BCUT2D eigenvalue weighted by Gasteiger charge is -1.92. The summed E-state index contributed by atoms with van der Waals surface area (Å²) < 4.78 is 6.02. The van der Waals surface area contributed by atoms with Gasteiger partial charge < -0.3 is 10.3 Å². The summed E-state index contributed by atoms with van der Waals surface area (Å²) in [6, 6.07) is 1.63. The highest BCUT2D eigenvalue weighted by Crippen LogP contribution is 2.08. The zero-order valence-corrected chi connectivity index (χ0v) is 6.44. The van der Waals surface area contributed by atoms with Crippen molar-refractivity contribution in [3.63, 3.8) is 0 Å². The van der Waals surface area contributed by atoms with Gasteiger partial charge in [0.15, 0.2) is 5.89 Å². The summed E-state index contributed by atoms with van der Waals surface area (Å²) in [4.78, 5) is 15.2. The van der Waals surface area contributed by atoms with Crippen LogP contribution in [0.3, 0.4) is 0 Å². The molecule has 5 nitrogen and oxygen atoms in total. The van der Waals surface area contributed by atoms with Gasteiger partial charge in [-0.25, -0.2) is 9.66 Å². The van der Waals surface area contributed by atoms with Crippen LogP contribution in [0.4, 0.5) is 0 Å². The molecule has 12 heavy (non-hydrogen) atoms. The van der Waals surface area contributed by atoms with E-state index in [1.807, 2.05) is 0 Å². The van der Waals surface area contributed by atoms with Gasteiger partial charge in [0.05, 0.1) is 0 Å². The number of rotatable bonds is 0. The predicted octanol–water partition coefficient (Wildman–Crippen LogP) is 0.0117. The standard InChI is InChI=1S/C7H7N3O2/c1-4-9-5-2-3-10(8)7(11)6(5)12-4/h2-3H,8H2,1H3. The molecule has 2 heterocycles. The summed E-state index contributed by atoms with van der Waals surface area (Å²) >= 11 is 0. The fourth-order valence-corrected chi connectivity index (χ4v) is 1.05. The number of pyridine rings is 1. The van der Waals surface area contributed by atoms with Crippen molar-refractivity contribution in [3.05, 3.63) is 28.5 Å². The highest BCUT2D eigenvalue weighted by atomic mass is 16.4. The van der Waals surface area contributed by atoms with Crippen molar-refractivity contribution >= 4 is 11.1 Å². The van der Waals surface area contributed by atoms with E-state index in [1.54, 1.807) is 13.0 Å².